The van der Waals surface area contributed by atoms with Crippen LogP contribution in [0.1, 0.15) is 5.56 Å². The van der Waals surface area contributed by atoms with Crippen molar-refractivity contribution in [3.05, 3.63) is 42.5 Å². The Labute approximate surface area is 88.2 Å². The minimum atomic E-state index is 0.621. The van der Waals surface area contributed by atoms with Gasteiger partial charge in [-0.2, -0.15) is 0 Å². The summed E-state index contributed by atoms with van der Waals surface area (Å²) in [6, 6.07) is 3.80. The van der Waals surface area contributed by atoms with Gasteiger partial charge in [-0.05, 0) is 30.7 Å². The van der Waals surface area contributed by atoms with Crippen LogP contribution in [0.4, 0.5) is 0 Å². The molecule has 0 aliphatic carbocycles. The van der Waals surface area contributed by atoms with Gasteiger partial charge in [0.2, 0.25) is 0 Å². The Morgan fingerprint density at radius 1 is 1.13 bits per heavy atom. The van der Waals surface area contributed by atoms with Crippen molar-refractivity contribution in [3.8, 4) is 11.4 Å². The first kappa shape index (κ1) is 9.73. The maximum atomic E-state index is 5.44. The number of nitrogens with two attached hydrogens (primary N) is 1. The van der Waals surface area contributed by atoms with Crippen molar-refractivity contribution in [2.75, 3.05) is 6.54 Å². The average molecular weight is 200 g/mol. The molecule has 0 aliphatic heterocycles. The highest BCUT2D eigenvalue weighted by atomic mass is 14.9. The van der Waals surface area contributed by atoms with Crippen molar-refractivity contribution in [2.24, 2.45) is 5.73 Å². The van der Waals surface area contributed by atoms with Crippen LogP contribution < -0.4 is 5.73 Å². The lowest BCUT2D eigenvalue weighted by Gasteiger charge is -2.00. The Morgan fingerprint density at radius 2 is 1.93 bits per heavy atom. The summed E-state index contributed by atoms with van der Waals surface area (Å²) in [5.74, 6) is 0.698. The van der Waals surface area contributed by atoms with Gasteiger partial charge in [-0.3, -0.25) is 4.98 Å². The van der Waals surface area contributed by atoms with E-state index in [1.807, 2.05) is 24.5 Å². The monoisotopic (exact) mass is 200 g/mol. The van der Waals surface area contributed by atoms with Crippen LogP contribution in [-0.2, 0) is 6.42 Å². The molecule has 0 spiro atoms. The molecule has 0 aromatic carbocycles. The fourth-order valence-electron chi connectivity index (χ4n) is 1.29. The number of nitrogens with zero attached hydrogens (tertiary/aromatic N) is 3. The second-order valence-electron chi connectivity index (χ2n) is 3.20. The van der Waals surface area contributed by atoms with Crippen molar-refractivity contribution >= 4 is 0 Å². The molecule has 2 N–H and O–H groups in total. The van der Waals surface area contributed by atoms with Gasteiger partial charge in [-0.15, -0.1) is 0 Å². The molecule has 4 nitrogen and oxygen atoms in total. The normalized spacial score (nSPS) is 10.2. The highest BCUT2D eigenvalue weighted by molar-refractivity contribution is 5.52. The van der Waals surface area contributed by atoms with Crippen molar-refractivity contribution < 1.29 is 0 Å². The molecule has 76 valence electrons. The van der Waals surface area contributed by atoms with E-state index in [2.05, 4.69) is 15.0 Å². The van der Waals surface area contributed by atoms with E-state index in [4.69, 9.17) is 5.73 Å². The van der Waals surface area contributed by atoms with Gasteiger partial charge < -0.3 is 5.73 Å². The van der Waals surface area contributed by atoms with Gasteiger partial charge in [0.25, 0.3) is 0 Å². The molecule has 0 atom stereocenters. The zero-order valence-electron chi connectivity index (χ0n) is 8.30. The lowest BCUT2D eigenvalue weighted by atomic mass is 10.2. The average Bonchev–Trinajstić information content (AvgIpc) is 2.32. The topological polar surface area (TPSA) is 64.7 Å². The molecule has 15 heavy (non-hydrogen) atoms. The van der Waals surface area contributed by atoms with E-state index in [1.165, 1.54) is 0 Å². The van der Waals surface area contributed by atoms with Crippen molar-refractivity contribution in [3.63, 3.8) is 0 Å². The summed E-state index contributed by atoms with van der Waals surface area (Å²) >= 11 is 0. The Kier molecular flexibility index (Phi) is 2.99. The summed E-state index contributed by atoms with van der Waals surface area (Å²) in [5, 5.41) is 0. The molecular weight excluding hydrogens is 188 g/mol. The molecule has 0 aliphatic rings. The van der Waals surface area contributed by atoms with E-state index in [0.29, 0.717) is 12.4 Å². The summed E-state index contributed by atoms with van der Waals surface area (Å²) in [5.41, 5.74) is 7.43. The fourth-order valence-corrected chi connectivity index (χ4v) is 1.29. The molecule has 4 heteroatoms. The van der Waals surface area contributed by atoms with Crippen LogP contribution in [0.3, 0.4) is 0 Å². The summed E-state index contributed by atoms with van der Waals surface area (Å²) in [4.78, 5) is 12.5. The predicted molar refractivity (Wildman–Crippen MR) is 58.0 cm³/mol. The van der Waals surface area contributed by atoms with Crippen LogP contribution in [0.25, 0.3) is 11.4 Å². The summed E-state index contributed by atoms with van der Waals surface area (Å²) < 4.78 is 0. The molecule has 2 heterocycles. The Hall–Kier alpha value is -1.81. The molecule has 2 aromatic rings. The van der Waals surface area contributed by atoms with Crippen LogP contribution >= 0.6 is 0 Å². The van der Waals surface area contributed by atoms with E-state index in [0.717, 1.165) is 17.5 Å². The van der Waals surface area contributed by atoms with Gasteiger partial charge in [0.1, 0.15) is 0 Å². The van der Waals surface area contributed by atoms with Gasteiger partial charge >= 0.3 is 0 Å². The third-order valence-corrected chi connectivity index (χ3v) is 2.06. The largest absolute Gasteiger partial charge is 0.330 e. The molecule has 0 fully saturated rings. The fraction of sp³-hybridized carbons (Fsp3) is 0.182. The van der Waals surface area contributed by atoms with E-state index in [1.54, 1.807) is 12.4 Å². The molecule has 2 aromatic heterocycles. The first-order valence-electron chi connectivity index (χ1n) is 4.81. The van der Waals surface area contributed by atoms with Crippen LogP contribution in [0.2, 0.25) is 0 Å². The Bertz CT molecular complexity index is 410. The minimum absolute atomic E-state index is 0.621. The first-order chi connectivity index (χ1) is 7.40. The zero-order chi connectivity index (χ0) is 10.5. The van der Waals surface area contributed by atoms with Crippen LogP contribution in [0, 0.1) is 0 Å². The van der Waals surface area contributed by atoms with E-state index >= 15 is 0 Å². The highest BCUT2D eigenvalue weighted by Gasteiger charge is 2.00. The highest BCUT2D eigenvalue weighted by Crippen LogP contribution is 2.11. The molecule has 0 unspecified atom stereocenters. The first-order valence-corrected chi connectivity index (χ1v) is 4.81. The molecule has 0 amide bonds. The van der Waals surface area contributed by atoms with Crippen molar-refractivity contribution in [1.29, 1.82) is 0 Å². The van der Waals surface area contributed by atoms with Gasteiger partial charge in [0.05, 0.1) is 0 Å². The number of rotatable bonds is 3. The molecular formula is C11H12N4. The van der Waals surface area contributed by atoms with Gasteiger partial charge in [0.15, 0.2) is 5.82 Å². The zero-order valence-corrected chi connectivity index (χ0v) is 8.30. The van der Waals surface area contributed by atoms with E-state index in [-0.39, 0.29) is 0 Å². The summed E-state index contributed by atoms with van der Waals surface area (Å²) in [7, 11) is 0. The Balaban J connectivity index is 2.24. The standard InChI is InChI=1S/C11H12N4/c12-4-3-9-6-14-11(15-7-9)10-2-1-5-13-8-10/h1-2,5-8H,3-4,12H2. The third kappa shape index (κ3) is 2.35. The van der Waals surface area contributed by atoms with Crippen LogP contribution in [0.5, 0.6) is 0 Å². The molecule has 0 saturated carbocycles. The number of pyridine rings is 1. The Morgan fingerprint density at radius 3 is 2.53 bits per heavy atom. The molecule has 2 rings (SSSR count). The number of hydrogen-bond acceptors (Lipinski definition) is 4. The molecule has 0 saturated heterocycles. The van der Waals surface area contributed by atoms with Crippen molar-refractivity contribution in [1.82, 2.24) is 15.0 Å². The second kappa shape index (κ2) is 4.61. The molecule has 0 radical (unpaired) electrons. The van der Waals surface area contributed by atoms with Crippen LogP contribution in [-0.4, -0.2) is 21.5 Å². The van der Waals surface area contributed by atoms with Gasteiger partial charge in [-0.25, -0.2) is 9.97 Å². The van der Waals surface area contributed by atoms with Gasteiger partial charge in [0, 0.05) is 30.4 Å². The second-order valence-corrected chi connectivity index (χ2v) is 3.20. The predicted octanol–water partition coefficient (Wildman–Crippen LogP) is 1.04. The maximum Gasteiger partial charge on any atom is 0.160 e. The van der Waals surface area contributed by atoms with E-state index < -0.39 is 0 Å². The number of aromatic nitrogens is 3. The lowest BCUT2D eigenvalue weighted by molar-refractivity contribution is 0.943. The molecule has 0 bridgehead atoms. The summed E-state index contributed by atoms with van der Waals surface area (Å²) in [6.07, 6.45) is 7.90. The smallest absolute Gasteiger partial charge is 0.160 e. The third-order valence-electron chi connectivity index (χ3n) is 2.06. The maximum absolute atomic E-state index is 5.44. The van der Waals surface area contributed by atoms with Crippen LogP contribution in [0.15, 0.2) is 36.9 Å². The minimum Gasteiger partial charge on any atom is -0.330 e. The number of hydrogen-bond donors (Lipinski definition) is 1. The van der Waals surface area contributed by atoms with E-state index in [9.17, 15) is 0 Å². The van der Waals surface area contributed by atoms with Crippen molar-refractivity contribution in [2.45, 2.75) is 6.42 Å². The lowest BCUT2D eigenvalue weighted by Crippen LogP contribution is -2.03. The quantitative estimate of drug-likeness (QED) is 0.804. The van der Waals surface area contributed by atoms with Gasteiger partial charge in [-0.1, -0.05) is 0 Å². The SMILES string of the molecule is NCCc1cnc(-c2cccnc2)nc1. The summed E-state index contributed by atoms with van der Waals surface area (Å²) in [6.45, 7) is 0.621.